The minimum atomic E-state index is 0.594. The zero-order chi connectivity index (χ0) is 9.97. The first-order valence-corrected chi connectivity index (χ1v) is 6.96. The first-order chi connectivity index (χ1) is 6.81. The molecule has 1 unspecified atom stereocenters. The van der Waals surface area contributed by atoms with Crippen molar-refractivity contribution in [3.8, 4) is 0 Å². The highest BCUT2D eigenvalue weighted by atomic mass is 79.9. The molecule has 1 fully saturated rings. The SMILES string of the molecule is CCNC(c1csc(Br)c1)C1CCC1. The van der Waals surface area contributed by atoms with E-state index in [0.29, 0.717) is 6.04 Å². The predicted octanol–water partition coefficient (Wildman–Crippen LogP) is 3.96. The van der Waals surface area contributed by atoms with Crippen molar-refractivity contribution in [2.45, 2.75) is 32.2 Å². The molecule has 2 rings (SSSR count). The lowest BCUT2D eigenvalue weighted by Crippen LogP contribution is -2.31. The molecule has 1 aromatic rings. The van der Waals surface area contributed by atoms with Gasteiger partial charge in [-0.1, -0.05) is 13.3 Å². The fourth-order valence-electron chi connectivity index (χ4n) is 2.04. The van der Waals surface area contributed by atoms with E-state index < -0.39 is 0 Å². The summed E-state index contributed by atoms with van der Waals surface area (Å²) in [6.07, 6.45) is 4.20. The van der Waals surface area contributed by atoms with Crippen LogP contribution in [0.3, 0.4) is 0 Å². The second-order valence-corrected chi connectivity index (χ2v) is 6.20. The van der Waals surface area contributed by atoms with Crippen LogP contribution in [0.5, 0.6) is 0 Å². The number of halogens is 1. The van der Waals surface area contributed by atoms with Gasteiger partial charge in [0, 0.05) is 6.04 Å². The third-order valence-electron chi connectivity index (χ3n) is 2.99. The molecule has 1 aliphatic rings. The second-order valence-electron chi connectivity index (χ2n) is 3.91. The largest absolute Gasteiger partial charge is 0.310 e. The van der Waals surface area contributed by atoms with Crippen LogP contribution in [0, 0.1) is 5.92 Å². The van der Waals surface area contributed by atoms with E-state index in [9.17, 15) is 0 Å². The Morgan fingerprint density at radius 3 is 2.86 bits per heavy atom. The minimum Gasteiger partial charge on any atom is -0.310 e. The summed E-state index contributed by atoms with van der Waals surface area (Å²) in [7, 11) is 0. The summed E-state index contributed by atoms with van der Waals surface area (Å²) in [6, 6.07) is 2.85. The molecule has 0 bridgehead atoms. The highest BCUT2D eigenvalue weighted by molar-refractivity contribution is 9.11. The molecule has 1 atom stereocenters. The molecule has 0 spiro atoms. The zero-order valence-corrected chi connectivity index (χ0v) is 10.8. The third-order valence-corrected chi connectivity index (χ3v) is 4.51. The van der Waals surface area contributed by atoms with E-state index in [4.69, 9.17) is 0 Å². The summed E-state index contributed by atoms with van der Waals surface area (Å²) in [5.41, 5.74) is 1.47. The van der Waals surface area contributed by atoms with Gasteiger partial charge in [0.1, 0.15) is 0 Å². The molecule has 1 N–H and O–H groups in total. The Kier molecular flexibility index (Phi) is 3.63. The van der Waals surface area contributed by atoms with Gasteiger partial charge in [-0.15, -0.1) is 11.3 Å². The summed E-state index contributed by atoms with van der Waals surface area (Å²) in [4.78, 5) is 0. The van der Waals surface area contributed by atoms with Crippen molar-refractivity contribution in [3.05, 3.63) is 20.8 Å². The molecular formula is C11H16BrNS. The summed E-state index contributed by atoms with van der Waals surface area (Å²) in [5.74, 6) is 0.872. The Morgan fingerprint density at radius 1 is 1.64 bits per heavy atom. The van der Waals surface area contributed by atoms with Gasteiger partial charge in [0.15, 0.2) is 0 Å². The molecule has 0 amide bonds. The van der Waals surface area contributed by atoms with Gasteiger partial charge < -0.3 is 5.32 Å². The van der Waals surface area contributed by atoms with E-state index >= 15 is 0 Å². The van der Waals surface area contributed by atoms with Crippen molar-refractivity contribution < 1.29 is 0 Å². The van der Waals surface area contributed by atoms with Crippen molar-refractivity contribution in [2.24, 2.45) is 5.92 Å². The van der Waals surface area contributed by atoms with Crippen LogP contribution in [0.1, 0.15) is 37.8 Å². The average molecular weight is 274 g/mol. The van der Waals surface area contributed by atoms with Crippen LogP contribution >= 0.6 is 27.3 Å². The van der Waals surface area contributed by atoms with E-state index in [2.05, 4.69) is 39.6 Å². The molecule has 1 aromatic heterocycles. The van der Waals surface area contributed by atoms with Crippen molar-refractivity contribution in [1.29, 1.82) is 0 Å². The van der Waals surface area contributed by atoms with Crippen molar-refractivity contribution in [2.75, 3.05) is 6.54 Å². The molecule has 0 saturated heterocycles. The van der Waals surface area contributed by atoms with Gasteiger partial charge in [0.25, 0.3) is 0 Å². The lowest BCUT2D eigenvalue weighted by molar-refractivity contribution is 0.233. The van der Waals surface area contributed by atoms with E-state index in [-0.39, 0.29) is 0 Å². The molecule has 14 heavy (non-hydrogen) atoms. The molecule has 0 radical (unpaired) electrons. The van der Waals surface area contributed by atoms with Crippen LogP contribution in [0.15, 0.2) is 15.2 Å². The van der Waals surface area contributed by atoms with Crippen molar-refractivity contribution in [3.63, 3.8) is 0 Å². The Bertz CT molecular complexity index is 293. The lowest BCUT2D eigenvalue weighted by Gasteiger charge is -2.34. The molecule has 1 heterocycles. The smallest absolute Gasteiger partial charge is 0.0701 e. The van der Waals surface area contributed by atoms with Gasteiger partial charge in [-0.2, -0.15) is 0 Å². The fourth-order valence-corrected chi connectivity index (χ4v) is 3.25. The predicted molar refractivity (Wildman–Crippen MR) is 65.8 cm³/mol. The normalized spacial score (nSPS) is 19.3. The minimum absolute atomic E-state index is 0.594. The number of thiophene rings is 1. The van der Waals surface area contributed by atoms with Crippen LogP contribution in [-0.4, -0.2) is 6.54 Å². The molecule has 1 saturated carbocycles. The molecule has 1 nitrogen and oxygen atoms in total. The van der Waals surface area contributed by atoms with Gasteiger partial charge in [0.05, 0.1) is 3.79 Å². The van der Waals surface area contributed by atoms with Crippen molar-refractivity contribution >= 4 is 27.3 Å². The molecule has 3 heteroatoms. The topological polar surface area (TPSA) is 12.0 Å². The zero-order valence-electron chi connectivity index (χ0n) is 8.42. The Balaban J connectivity index is 2.09. The monoisotopic (exact) mass is 273 g/mol. The molecular weight excluding hydrogens is 258 g/mol. The Morgan fingerprint density at radius 2 is 2.43 bits per heavy atom. The summed E-state index contributed by atoms with van der Waals surface area (Å²) >= 11 is 5.32. The first-order valence-electron chi connectivity index (χ1n) is 5.28. The van der Waals surface area contributed by atoms with Crippen LogP contribution < -0.4 is 5.32 Å². The summed E-state index contributed by atoms with van der Waals surface area (Å²) in [5, 5.41) is 5.87. The summed E-state index contributed by atoms with van der Waals surface area (Å²) in [6.45, 7) is 3.25. The van der Waals surface area contributed by atoms with E-state index in [1.165, 1.54) is 28.6 Å². The van der Waals surface area contributed by atoms with Crippen LogP contribution in [0.2, 0.25) is 0 Å². The van der Waals surface area contributed by atoms with Gasteiger partial charge in [0.2, 0.25) is 0 Å². The van der Waals surface area contributed by atoms with Crippen molar-refractivity contribution in [1.82, 2.24) is 5.32 Å². The van der Waals surface area contributed by atoms with E-state index in [1.807, 2.05) is 0 Å². The molecule has 0 aliphatic heterocycles. The molecule has 78 valence electrons. The highest BCUT2D eigenvalue weighted by Crippen LogP contribution is 2.39. The van der Waals surface area contributed by atoms with Crippen LogP contribution in [0.4, 0.5) is 0 Å². The van der Waals surface area contributed by atoms with Crippen LogP contribution in [0.25, 0.3) is 0 Å². The van der Waals surface area contributed by atoms with E-state index in [1.54, 1.807) is 11.3 Å². The number of hydrogen-bond donors (Lipinski definition) is 1. The first kappa shape index (κ1) is 10.7. The average Bonchev–Trinajstić information content (AvgIpc) is 2.48. The number of nitrogens with one attached hydrogen (secondary N) is 1. The number of hydrogen-bond acceptors (Lipinski definition) is 2. The highest BCUT2D eigenvalue weighted by Gasteiger charge is 2.28. The third kappa shape index (κ3) is 2.20. The second kappa shape index (κ2) is 4.77. The maximum atomic E-state index is 3.60. The quantitative estimate of drug-likeness (QED) is 0.876. The fraction of sp³-hybridized carbons (Fsp3) is 0.636. The Hall–Kier alpha value is 0.140. The number of rotatable bonds is 4. The van der Waals surface area contributed by atoms with Gasteiger partial charge >= 0.3 is 0 Å². The van der Waals surface area contributed by atoms with Gasteiger partial charge in [-0.3, -0.25) is 0 Å². The van der Waals surface area contributed by atoms with E-state index in [0.717, 1.165) is 12.5 Å². The maximum absolute atomic E-state index is 3.60. The van der Waals surface area contributed by atoms with Gasteiger partial charge in [-0.25, -0.2) is 0 Å². The van der Waals surface area contributed by atoms with Crippen LogP contribution in [-0.2, 0) is 0 Å². The standard InChI is InChI=1S/C11H16BrNS/c1-2-13-11(8-4-3-5-8)9-6-10(12)14-7-9/h6-8,11,13H,2-5H2,1H3. The lowest BCUT2D eigenvalue weighted by atomic mass is 9.78. The van der Waals surface area contributed by atoms with Gasteiger partial charge in [-0.05, 0) is 58.2 Å². The maximum Gasteiger partial charge on any atom is 0.0701 e. The summed E-state index contributed by atoms with van der Waals surface area (Å²) < 4.78 is 1.25. The molecule has 0 aromatic carbocycles. The Labute approximate surface area is 98.0 Å². The molecule has 1 aliphatic carbocycles.